The van der Waals surface area contributed by atoms with Gasteiger partial charge in [-0.1, -0.05) is 0 Å². The fraction of sp³-hybridized carbons (Fsp3) is 0.353. The average molecular weight is 312 g/mol. The van der Waals surface area contributed by atoms with Crippen LogP contribution in [0.15, 0.2) is 30.3 Å². The minimum atomic E-state index is 0.0440. The summed E-state index contributed by atoms with van der Waals surface area (Å²) in [7, 11) is 0. The van der Waals surface area contributed by atoms with Gasteiger partial charge in [0.1, 0.15) is 0 Å². The first-order chi connectivity index (χ1) is 11.1. The summed E-state index contributed by atoms with van der Waals surface area (Å²) in [5.74, 6) is 0.609. The van der Waals surface area contributed by atoms with Gasteiger partial charge in [0.15, 0.2) is 0 Å². The molecular weight excluding hydrogens is 292 g/mol. The Hall–Kier alpha value is -2.47. The number of anilines is 2. The van der Waals surface area contributed by atoms with E-state index in [4.69, 9.17) is 4.74 Å². The number of hydrogen-bond donors (Lipinski definition) is 1. The van der Waals surface area contributed by atoms with Gasteiger partial charge in [-0.25, -0.2) is 9.97 Å². The maximum atomic E-state index is 12.4. The number of carbonyl (C=O) groups excluding carboxylic acids is 1. The van der Waals surface area contributed by atoms with Crippen LogP contribution in [-0.4, -0.2) is 47.1 Å². The predicted octanol–water partition coefficient (Wildman–Crippen LogP) is 2.31. The van der Waals surface area contributed by atoms with Crippen LogP contribution in [0, 0.1) is 13.8 Å². The van der Waals surface area contributed by atoms with Gasteiger partial charge in [-0.05, 0) is 44.2 Å². The third-order valence-corrected chi connectivity index (χ3v) is 3.67. The maximum absolute atomic E-state index is 12.4. The van der Waals surface area contributed by atoms with E-state index in [1.54, 1.807) is 0 Å². The summed E-state index contributed by atoms with van der Waals surface area (Å²) in [4.78, 5) is 22.9. The number of benzene rings is 1. The van der Waals surface area contributed by atoms with E-state index < -0.39 is 0 Å². The molecule has 0 spiro atoms. The van der Waals surface area contributed by atoms with Crippen molar-refractivity contribution >= 4 is 17.5 Å². The van der Waals surface area contributed by atoms with Crippen LogP contribution in [0.25, 0.3) is 0 Å². The predicted molar refractivity (Wildman–Crippen MR) is 88.0 cm³/mol. The second kappa shape index (κ2) is 6.75. The molecule has 1 aromatic carbocycles. The number of aryl methyl sites for hydroxylation is 2. The molecule has 2 aromatic rings. The molecule has 1 fully saturated rings. The molecule has 1 saturated heterocycles. The number of rotatable bonds is 3. The highest BCUT2D eigenvalue weighted by molar-refractivity contribution is 5.94. The Morgan fingerprint density at radius 3 is 2.30 bits per heavy atom. The number of nitrogens with zero attached hydrogens (tertiary/aromatic N) is 3. The molecular formula is C17H20N4O2. The van der Waals surface area contributed by atoms with Crippen LogP contribution in [-0.2, 0) is 4.74 Å². The number of amides is 1. The largest absolute Gasteiger partial charge is 0.378 e. The first-order valence-corrected chi connectivity index (χ1v) is 7.68. The number of ether oxygens (including phenoxy) is 1. The molecule has 120 valence electrons. The molecule has 6 nitrogen and oxygen atoms in total. The molecule has 1 amide bonds. The molecule has 0 saturated carbocycles. The van der Waals surface area contributed by atoms with E-state index in [0.717, 1.165) is 17.1 Å². The lowest BCUT2D eigenvalue weighted by Crippen LogP contribution is -2.40. The molecule has 1 aliphatic rings. The van der Waals surface area contributed by atoms with Crippen LogP contribution in [0.2, 0.25) is 0 Å². The molecule has 1 N–H and O–H groups in total. The van der Waals surface area contributed by atoms with Gasteiger partial charge in [-0.3, -0.25) is 4.79 Å². The van der Waals surface area contributed by atoms with E-state index in [1.807, 2.05) is 49.1 Å². The Balaban J connectivity index is 1.70. The first kappa shape index (κ1) is 15.4. The monoisotopic (exact) mass is 312 g/mol. The molecule has 1 aromatic heterocycles. The van der Waals surface area contributed by atoms with Gasteiger partial charge in [-0.2, -0.15) is 0 Å². The number of aromatic nitrogens is 2. The second-order valence-electron chi connectivity index (χ2n) is 5.58. The van der Waals surface area contributed by atoms with Gasteiger partial charge in [0.25, 0.3) is 5.91 Å². The highest BCUT2D eigenvalue weighted by Gasteiger charge is 2.18. The van der Waals surface area contributed by atoms with Gasteiger partial charge < -0.3 is 15.0 Å². The zero-order chi connectivity index (χ0) is 16.2. The van der Waals surface area contributed by atoms with Gasteiger partial charge in [0.05, 0.1) is 13.2 Å². The van der Waals surface area contributed by atoms with E-state index in [2.05, 4.69) is 15.3 Å². The van der Waals surface area contributed by atoms with Gasteiger partial charge in [-0.15, -0.1) is 0 Å². The molecule has 0 aliphatic carbocycles. The van der Waals surface area contributed by atoms with Gasteiger partial charge in [0.2, 0.25) is 5.95 Å². The zero-order valence-electron chi connectivity index (χ0n) is 13.4. The molecule has 0 atom stereocenters. The molecule has 0 radical (unpaired) electrons. The summed E-state index contributed by atoms with van der Waals surface area (Å²) >= 11 is 0. The Kier molecular flexibility index (Phi) is 4.52. The van der Waals surface area contributed by atoms with Gasteiger partial charge >= 0.3 is 0 Å². The molecule has 0 bridgehead atoms. The first-order valence-electron chi connectivity index (χ1n) is 7.68. The average Bonchev–Trinajstić information content (AvgIpc) is 2.55. The van der Waals surface area contributed by atoms with Crippen molar-refractivity contribution in [2.24, 2.45) is 0 Å². The van der Waals surface area contributed by atoms with E-state index in [9.17, 15) is 4.79 Å². The SMILES string of the molecule is Cc1cc(C)nc(Nc2ccc(C(=O)N3CCOCC3)cc2)n1. The summed E-state index contributed by atoms with van der Waals surface area (Å²) < 4.78 is 5.27. The molecule has 1 aliphatic heterocycles. The Morgan fingerprint density at radius 2 is 1.70 bits per heavy atom. The highest BCUT2D eigenvalue weighted by Crippen LogP contribution is 2.16. The van der Waals surface area contributed by atoms with Crippen molar-refractivity contribution in [1.82, 2.24) is 14.9 Å². The second-order valence-corrected chi connectivity index (χ2v) is 5.58. The van der Waals surface area contributed by atoms with Crippen LogP contribution in [0.1, 0.15) is 21.7 Å². The molecule has 3 rings (SSSR count). The van der Waals surface area contributed by atoms with Crippen molar-refractivity contribution in [3.8, 4) is 0 Å². The summed E-state index contributed by atoms with van der Waals surface area (Å²) in [5, 5.41) is 3.16. The maximum Gasteiger partial charge on any atom is 0.254 e. The van der Waals surface area contributed by atoms with E-state index >= 15 is 0 Å². The zero-order valence-corrected chi connectivity index (χ0v) is 13.4. The fourth-order valence-electron chi connectivity index (χ4n) is 2.56. The molecule has 23 heavy (non-hydrogen) atoms. The summed E-state index contributed by atoms with van der Waals surface area (Å²) in [6.07, 6.45) is 0. The summed E-state index contributed by atoms with van der Waals surface area (Å²) in [6.45, 7) is 6.38. The number of nitrogens with one attached hydrogen (secondary N) is 1. The van der Waals surface area contributed by atoms with Crippen molar-refractivity contribution in [2.45, 2.75) is 13.8 Å². The van der Waals surface area contributed by atoms with Crippen molar-refractivity contribution in [3.63, 3.8) is 0 Å². The lowest BCUT2D eigenvalue weighted by molar-refractivity contribution is 0.0303. The van der Waals surface area contributed by atoms with Crippen LogP contribution in [0.3, 0.4) is 0 Å². The van der Waals surface area contributed by atoms with Crippen molar-refractivity contribution in [1.29, 1.82) is 0 Å². The minimum absolute atomic E-state index is 0.0440. The number of carbonyl (C=O) groups is 1. The summed E-state index contributed by atoms with van der Waals surface area (Å²) in [6, 6.07) is 9.31. The normalized spacial score (nSPS) is 14.6. The third kappa shape index (κ3) is 3.84. The van der Waals surface area contributed by atoms with E-state index in [0.29, 0.717) is 37.8 Å². The lowest BCUT2D eigenvalue weighted by atomic mass is 10.1. The van der Waals surface area contributed by atoms with Crippen LogP contribution in [0.4, 0.5) is 11.6 Å². The standard InChI is InChI=1S/C17H20N4O2/c1-12-11-13(2)19-17(18-12)20-15-5-3-14(4-6-15)16(22)21-7-9-23-10-8-21/h3-6,11H,7-10H2,1-2H3,(H,18,19,20). The molecule has 2 heterocycles. The Morgan fingerprint density at radius 1 is 1.09 bits per heavy atom. The number of hydrogen-bond acceptors (Lipinski definition) is 5. The quantitative estimate of drug-likeness (QED) is 0.942. The van der Waals surface area contributed by atoms with E-state index in [1.165, 1.54) is 0 Å². The number of morpholine rings is 1. The van der Waals surface area contributed by atoms with Crippen molar-refractivity contribution in [3.05, 3.63) is 47.3 Å². The van der Waals surface area contributed by atoms with Crippen molar-refractivity contribution < 1.29 is 9.53 Å². The van der Waals surface area contributed by atoms with Crippen LogP contribution in [0.5, 0.6) is 0 Å². The smallest absolute Gasteiger partial charge is 0.254 e. The fourth-order valence-corrected chi connectivity index (χ4v) is 2.56. The topological polar surface area (TPSA) is 67.4 Å². The van der Waals surface area contributed by atoms with Crippen molar-refractivity contribution in [2.75, 3.05) is 31.6 Å². The lowest BCUT2D eigenvalue weighted by Gasteiger charge is -2.26. The van der Waals surface area contributed by atoms with Gasteiger partial charge in [0, 0.05) is 35.7 Å². The molecule has 6 heteroatoms. The Labute approximate surface area is 135 Å². The van der Waals surface area contributed by atoms with E-state index in [-0.39, 0.29) is 5.91 Å². The highest BCUT2D eigenvalue weighted by atomic mass is 16.5. The Bertz CT molecular complexity index is 674. The summed E-state index contributed by atoms with van der Waals surface area (Å²) in [5.41, 5.74) is 3.37. The van der Waals surface area contributed by atoms with Crippen LogP contribution < -0.4 is 5.32 Å². The van der Waals surface area contributed by atoms with Crippen LogP contribution >= 0.6 is 0 Å². The third-order valence-electron chi connectivity index (χ3n) is 3.67. The minimum Gasteiger partial charge on any atom is -0.378 e. The molecule has 0 unspecified atom stereocenters.